The molecule has 0 atom stereocenters. The number of hydrogen-bond acceptors (Lipinski definition) is 6. The molecular weight excluding hydrogens is 339 g/mol. The van der Waals surface area contributed by atoms with Gasteiger partial charge in [0.1, 0.15) is 11.6 Å². The Morgan fingerprint density at radius 1 is 1.20 bits per heavy atom. The number of piperazine rings is 1. The number of nitrogens with one attached hydrogen (secondary N) is 2. The molecule has 5 nitrogen and oxygen atoms in total. The highest BCUT2D eigenvalue weighted by molar-refractivity contribution is 7.22. The van der Waals surface area contributed by atoms with E-state index in [1.165, 1.54) is 17.8 Å². The normalized spacial score (nSPS) is 14.7. The highest BCUT2D eigenvalue weighted by Crippen LogP contribution is 2.34. The van der Waals surface area contributed by atoms with Crippen LogP contribution in [-0.2, 0) is 0 Å². The van der Waals surface area contributed by atoms with Crippen LogP contribution in [0.2, 0.25) is 0 Å². The van der Waals surface area contributed by atoms with Crippen LogP contribution in [0.5, 0.6) is 5.75 Å². The molecule has 1 saturated heterocycles. The van der Waals surface area contributed by atoms with Crippen molar-refractivity contribution in [3.63, 3.8) is 0 Å². The van der Waals surface area contributed by atoms with Crippen LogP contribution in [0.15, 0.2) is 36.4 Å². The molecule has 1 aliphatic rings. The molecular formula is C18H19FN4OS. The van der Waals surface area contributed by atoms with Crippen LogP contribution < -0.4 is 20.3 Å². The van der Waals surface area contributed by atoms with Crippen molar-refractivity contribution in [2.24, 2.45) is 0 Å². The summed E-state index contributed by atoms with van der Waals surface area (Å²) in [5, 5.41) is 7.25. The average molecular weight is 358 g/mol. The van der Waals surface area contributed by atoms with Crippen molar-refractivity contribution in [2.45, 2.75) is 0 Å². The van der Waals surface area contributed by atoms with Crippen LogP contribution in [0, 0.1) is 5.82 Å². The molecule has 0 saturated carbocycles. The number of anilines is 3. The maximum Gasteiger partial charge on any atom is 0.188 e. The van der Waals surface area contributed by atoms with Crippen molar-refractivity contribution in [3.8, 4) is 5.75 Å². The van der Waals surface area contributed by atoms with E-state index in [9.17, 15) is 4.39 Å². The summed E-state index contributed by atoms with van der Waals surface area (Å²) in [4.78, 5) is 7.01. The predicted molar refractivity (Wildman–Crippen MR) is 101 cm³/mol. The van der Waals surface area contributed by atoms with Gasteiger partial charge in [-0.25, -0.2) is 9.37 Å². The molecule has 0 aliphatic carbocycles. The number of hydrogen-bond donors (Lipinski definition) is 2. The number of ether oxygens (including phenoxy) is 1. The fourth-order valence-electron chi connectivity index (χ4n) is 2.98. The number of methoxy groups -OCH3 is 1. The Morgan fingerprint density at radius 3 is 2.84 bits per heavy atom. The SMILES string of the molecule is COc1ccc(F)cc1Nc1nc2cc(N3CCNCC3)ccc2s1. The Morgan fingerprint density at radius 2 is 2.04 bits per heavy atom. The van der Waals surface area contributed by atoms with E-state index in [0.29, 0.717) is 11.4 Å². The number of thiazole rings is 1. The van der Waals surface area contributed by atoms with E-state index in [1.54, 1.807) is 24.5 Å². The summed E-state index contributed by atoms with van der Waals surface area (Å²) in [7, 11) is 1.57. The molecule has 1 aliphatic heterocycles. The molecule has 4 rings (SSSR count). The van der Waals surface area contributed by atoms with E-state index < -0.39 is 0 Å². The number of rotatable bonds is 4. The fraction of sp³-hybridized carbons (Fsp3) is 0.278. The summed E-state index contributed by atoms with van der Waals surface area (Å²) in [5.74, 6) is 0.271. The Balaban J connectivity index is 1.62. The molecule has 7 heteroatoms. The summed E-state index contributed by atoms with van der Waals surface area (Å²) < 4.78 is 19.9. The molecule has 2 heterocycles. The number of fused-ring (bicyclic) bond motifs is 1. The topological polar surface area (TPSA) is 49.4 Å². The van der Waals surface area contributed by atoms with Gasteiger partial charge in [0.05, 0.1) is 23.0 Å². The predicted octanol–water partition coefficient (Wildman–Crippen LogP) is 3.60. The number of aromatic nitrogens is 1. The van der Waals surface area contributed by atoms with Gasteiger partial charge in [0.25, 0.3) is 0 Å². The zero-order valence-corrected chi connectivity index (χ0v) is 14.7. The third kappa shape index (κ3) is 3.38. The van der Waals surface area contributed by atoms with E-state index in [2.05, 4.69) is 38.7 Å². The summed E-state index contributed by atoms with van der Waals surface area (Å²) in [6.45, 7) is 4.00. The van der Waals surface area contributed by atoms with Crippen LogP contribution >= 0.6 is 11.3 Å². The quantitative estimate of drug-likeness (QED) is 0.746. The molecule has 0 unspecified atom stereocenters. The molecule has 130 valence electrons. The van der Waals surface area contributed by atoms with Gasteiger partial charge in [0.15, 0.2) is 5.13 Å². The zero-order chi connectivity index (χ0) is 17.2. The molecule has 25 heavy (non-hydrogen) atoms. The smallest absolute Gasteiger partial charge is 0.188 e. The largest absolute Gasteiger partial charge is 0.495 e. The van der Waals surface area contributed by atoms with Crippen molar-refractivity contribution in [1.82, 2.24) is 10.3 Å². The molecule has 2 aromatic carbocycles. The lowest BCUT2D eigenvalue weighted by Gasteiger charge is -2.29. The zero-order valence-electron chi connectivity index (χ0n) is 13.9. The van der Waals surface area contributed by atoms with Gasteiger partial charge in [-0.1, -0.05) is 11.3 Å². The molecule has 0 bridgehead atoms. The second kappa shape index (κ2) is 6.85. The number of nitrogens with zero attached hydrogens (tertiary/aromatic N) is 2. The van der Waals surface area contributed by atoms with Crippen molar-refractivity contribution >= 4 is 38.1 Å². The Bertz CT molecular complexity index is 892. The second-order valence-corrected chi connectivity index (χ2v) is 6.91. The molecule has 3 aromatic rings. The lowest BCUT2D eigenvalue weighted by molar-refractivity contribution is 0.416. The Kier molecular flexibility index (Phi) is 4.42. The molecule has 1 aromatic heterocycles. The molecule has 0 radical (unpaired) electrons. The van der Waals surface area contributed by atoms with Gasteiger partial charge in [-0.15, -0.1) is 0 Å². The molecule has 1 fully saturated rings. The number of halogens is 1. The lowest BCUT2D eigenvalue weighted by Crippen LogP contribution is -2.43. The minimum atomic E-state index is -0.314. The van der Waals surface area contributed by atoms with Gasteiger partial charge in [-0.3, -0.25) is 0 Å². The summed E-state index contributed by atoms with van der Waals surface area (Å²) in [5.41, 5.74) is 2.71. The van der Waals surface area contributed by atoms with E-state index in [-0.39, 0.29) is 5.82 Å². The summed E-state index contributed by atoms with van der Waals surface area (Å²) in [6.07, 6.45) is 0. The molecule has 0 amide bonds. The Hall–Kier alpha value is -2.38. The first-order valence-corrected chi connectivity index (χ1v) is 9.01. The third-order valence-corrected chi connectivity index (χ3v) is 5.21. The van der Waals surface area contributed by atoms with Crippen LogP contribution in [0.3, 0.4) is 0 Å². The summed E-state index contributed by atoms with van der Waals surface area (Å²) in [6, 6.07) is 10.7. The first kappa shape index (κ1) is 16.1. The van der Waals surface area contributed by atoms with Crippen LogP contribution in [0.1, 0.15) is 0 Å². The van der Waals surface area contributed by atoms with Gasteiger partial charge >= 0.3 is 0 Å². The highest BCUT2D eigenvalue weighted by Gasteiger charge is 2.13. The average Bonchev–Trinajstić information content (AvgIpc) is 3.04. The van der Waals surface area contributed by atoms with Crippen molar-refractivity contribution in [1.29, 1.82) is 0 Å². The number of benzene rings is 2. The first-order valence-electron chi connectivity index (χ1n) is 8.20. The van der Waals surface area contributed by atoms with Gasteiger partial charge < -0.3 is 20.3 Å². The first-order chi connectivity index (χ1) is 12.2. The van der Waals surface area contributed by atoms with Crippen molar-refractivity contribution in [3.05, 3.63) is 42.2 Å². The van der Waals surface area contributed by atoms with Gasteiger partial charge in [-0.05, 0) is 30.3 Å². The van der Waals surface area contributed by atoms with Crippen molar-refractivity contribution < 1.29 is 9.13 Å². The molecule has 0 spiro atoms. The lowest BCUT2D eigenvalue weighted by atomic mass is 10.2. The Labute approximate surface area is 149 Å². The maximum absolute atomic E-state index is 13.5. The van der Waals surface area contributed by atoms with Gasteiger partial charge in [0.2, 0.25) is 0 Å². The second-order valence-electron chi connectivity index (χ2n) is 5.88. The van der Waals surface area contributed by atoms with E-state index in [0.717, 1.165) is 41.5 Å². The third-order valence-electron chi connectivity index (χ3n) is 4.26. The van der Waals surface area contributed by atoms with Crippen molar-refractivity contribution in [2.75, 3.05) is 43.5 Å². The van der Waals surface area contributed by atoms with E-state index in [4.69, 9.17) is 4.74 Å². The fourth-order valence-corrected chi connectivity index (χ4v) is 3.84. The maximum atomic E-state index is 13.5. The monoisotopic (exact) mass is 358 g/mol. The minimum Gasteiger partial charge on any atom is -0.495 e. The van der Waals surface area contributed by atoms with E-state index >= 15 is 0 Å². The minimum absolute atomic E-state index is 0.314. The summed E-state index contributed by atoms with van der Waals surface area (Å²) >= 11 is 1.54. The van der Waals surface area contributed by atoms with Crippen LogP contribution in [0.25, 0.3) is 10.2 Å². The van der Waals surface area contributed by atoms with E-state index in [1.807, 2.05) is 0 Å². The standard InChI is InChI=1S/C18H19FN4OS/c1-24-16-4-2-12(19)10-14(16)21-18-22-15-11-13(3-5-17(15)25-18)23-8-6-20-7-9-23/h2-5,10-11,20H,6-9H2,1H3,(H,21,22). The van der Waals surface area contributed by atoms with Gasteiger partial charge in [0, 0.05) is 37.9 Å². The van der Waals surface area contributed by atoms with Crippen LogP contribution in [0.4, 0.5) is 20.9 Å². The highest BCUT2D eigenvalue weighted by atomic mass is 32.1. The molecule has 2 N–H and O–H groups in total. The van der Waals surface area contributed by atoms with Crippen LogP contribution in [-0.4, -0.2) is 38.3 Å². The van der Waals surface area contributed by atoms with Gasteiger partial charge in [-0.2, -0.15) is 0 Å².